The molecule has 0 aliphatic carbocycles. The van der Waals surface area contributed by atoms with Crippen molar-refractivity contribution < 1.29 is 18.7 Å². The number of rotatable bonds is 5. The molecule has 2 aromatic heterocycles. The molecule has 2 aromatic carbocycles. The first-order chi connectivity index (χ1) is 16.1. The fraction of sp³-hybridized carbons (Fsp3) is 0.240. The zero-order valence-electron chi connectivity index (χ0n) is 18.1. The van der Waals surface area contributed by atoms with Gasteiger partial charge in [0, 0.05) is 31.7 Å². The van der Waals surface area contributed by atoms with Gasteiger partial charge in [0.25, 0.3) is 11.8 Å². The Labute approximate surface area is 195 Å². The Morgan fingerprint density at radius 3 is 2.39 bits per heavy atom. The summed E-state index contributed by atoms with van der Waals surface area (Å²) in [5.41, 5.74) is 2.00. The number of benzene rings is 2. The van der Waals surface area contributed by atoms with E-state index >= 15 is 0 Å². The van der Waals surface area contributed by atoms with Crippen molar-refractivity contribution in [3.05, 3.63) is 72.7 Å². The van der Waals surface area contributed by atoms with Gasteiger partial charge in [0.1, 0.15) is 10.8 Å². The number of hydrogen-bond donors (Lipinski definition) is 0. The van der Waals surface area contributed by atoms with Crippen LogP contribution in [0.3, 0.4) is 0 Å². The molecular weight excluding hydrogens is 438 g/mol. The number of hydrogen-bond acceptors (Lipinski definition) is 6. The molecule has 2 amide bonds. The first kappa shape index (κ1) is 21.2. The van der Waals surface area contributed by atoms with Crippen molar-refractivity contribution in [1.29, 1.82) is 0 Å². The monoisotopic (exact) mass is 461 g/mol. The molecule has 4 aromatic rings. The molecule has 1 unspecified atom stereocenters. The number of furan rings is 1. The van der Waals surface area contributed by atoms with E-state index < -0.39 is 6.10 Å². The van der Waals surface area contributed by atoms with Crippen molar-refractivity contribution in [3.8, 4) is 16.3 Å². The molecule has 1 atom stereocenters. The van der Waals surface area contributed by atoms with E-state index in [0.717, 1.165) is 20.8 Å². The van der Waals surface area contributed by atoms with Crippen molar-refractivity contribution in [2.45, 2.75) is 13.0 Å². The second-order valence-corrected chi connectivity index (χ2v) is 8.90. The van der Waals surface area contributed by atoms with E-state index in [2.05, 4.69) is 11.1 Å². The van der Waals surface area contributed by atoms with Crippen LogP contribution in [0.25, 0.3) is 20.8 Å². The molecule has 0 radical (unpaired) electrons. The van der Waals surface area contributed by atoms with Crippen LogP contribution in [-0.2, 0) is 4.79 Å². The van der Waals surface area contributed by atoms with Crippen LogP contribution in [-0.4, -0.2) is 58.9 Å². The van der Waals surface area contributed by atoms with Gasteiger partial charge in [0.2, 0.25) is 0 Å². The Hall–Kier alpha value is -3.65. The van der Waals surface area contributed by atoms with E-state index in [4.69, 9.17) is 9.15 Å². The number of amides is 2. The number of carbonyl (C=O) groups is 2. The topological polar surface area (TPSA) is 75.9 Å². The molecule has 33 heavy (non-hydrogen) atoms. The highest BCUT2D eigenvalue weighted by atomic mass is 32.1. The second-order valence-electron chi connectivity index (χ2n) is 7.87. The van der Waals surface area contributed by atoms with Gasteiger partial charge < -0.3 is 19.0 Å². The minimum atomic E-state index is -0.620. The largest absolute Gasteiger partial charge is 0.481 e. The van der Waals surface area contributed by atoms with Gasteiger partial charge in [-0.2, -0.15) is 0 Å². The van der Waals surface area contributed by atoms with Gasteiger partial charge >= 0.3 is 0 Å². The van der Waals surface area contributed by atoms with E-state index in [1.807, 2.05) is 42.5 Å². The summed E-state index contributed by atoms with van der Waals surface area (Å²) in [5.74, 6) is 0.716. The lowest BCUT2D eigenvalue weighted by atomic mass is 10.2. The number of carbonyl (C=O) groups excluding carboxylic acids is 2. The number of para-hydroxylation sites is 1. The standard InChI is InChI=1S/C25H23N3O4S/c1-17(24(29)27-12-14-28(15-13-27)25(30)21-6-4-16-31-21)32-19-10-8-18(9-11-19)23-26-20-5-2-3-7-22(20)33-23/h2-11,16-17H,12-15H2,1H3. The summed E-state index contributed by atoms with van der Waals surface area (Å²) in [7, 11) is 0. The molecule has 1 aliphatic rings. The van der Waals surface area contributed by atoms with Crippen molar-refractivity contribution >= 4 is 33.4 Å². The van der Waals surface area contributed by atoms with Gasteiger partial charge in [-0.15, -0.1) is 11.3 Å². The van der Waals surface area contributed by atoms with Crippen molar-refractivity contribution in [3.63, 3.8) is 0 Å². The van der Waals surface area contributed by atoms with E-state index in [1.165, 1.54) is 6.26 Å². The van der Waals surface area contributed by atoms with Gasteiger partial charge in [-0.3, -0.25) is 9.59 Å². The molecule has 7 nitrogen and oxygen atoms in total. The minimum absolute atomic E-state index is 0.0876. The minimum Gasteiger partial charge on any atom is -0.481 e. The fourth-order valence-electron chi connectivity index (χ4n) is 3.87. The van der Waals surface area contributed by atoms with Crippen LogP contribution in [0.4, 0.5) is 0 Å². The van der Waals surface area contributed by atoms with Crippen LogP contribution < -0.4 is 4.74 Å². The quantitative estimate of drug-likeness (QED) is 0.443. The molecule has 0 saturated carbocycles. The Morgan fingerprint density at radius 2 is 1.70 bits per heavy atom. The number of piperazine rings is 1. The molecule has 168 valence electrons. The SMILES string of the molecule is CC(Oc1ccc(-c2nc3ccccc3s2)cc1)C(=O)N1CCN(C(=O)c2ccco2)CC1. The van der Waals surface area contributed by atoms with E-state index in [9.17, 15) is 9.59 Å². The fourth-order valence-corrected chi connectivity index (χ4v) is 4.84. The van der Waals surface area contributed by atoms with Crippen molar-refractivity contribution in [1.82, 2.24) is 14.8 Å². The maximum atomic E-state index is 12.9. The lowest BCUT2D eigenvalue weighted by Crippen LogP contribution is -2.53. The summed E-state index contributed by atoms with van der Waals surface area (Å²) < 4.78 is 12.2. The Bertz CT molecular complexity index is 1230. The van der Waals surface area contributed by atoms with Gasteiger partial charge in [-0.05, 0) is 55.5 Å². The summed E-state index contributed by atoms with van der Waals surface area (Å²) in [6, 6.07) is 19.1. The molecule has 0 N–H and O–H groups in total. The molecule has 1 saturated heterocycles. The van der Waals surface area contributed by atoms with Crippen LogP contribution in [0.2, 0.25) is 0 Å². The average molecular weight is 462 g/mol. The molecule has 0 spiro atoms. The molecular formula is C25H23N3O4S. The Balaban J connectivity index is 1.17. The summed E-state index contributed by atoms with van der Waals surface area (Å²) in [4.78, 5) is 33.4. The number of ether oxygens (including phenoxy) is 1. The third kappa shape index (κ3) is 4.47. The van der Waals surface area contributed by atoms with Crippen LogP contribution in [0.5, 0.6) is 5.75 Å². The molecule has 1 fully saturated rings. The smallest absolute Gasteiger partial charge is 0.289 e. The van der Waals surface area contributed by atoms with Crippen LogP contribution >= 0.6 is 11.3 Å². The molecule has 3 heterocycles. The van der Waals surface area contributed by atoms with Crippen molar-refractivity contribution in [2.75, 3.05) is 26.2 Å². The third-order valence-electron chi connectivity index (χ3n) is 5.67. The Morgan fingerprint density at radius 1 is 0.970 bits per heavy atom. The summed E-state index contributed by atoms with van der Waals surface area (Å²) in [6.45, 7) is 3.62. The first-order valence-corrected chi connectivity index (χ1v) is 11.6. The average Bonchev–Trinajstić information content (AvgIpc) is 3.54. The van der Waals surface area contributed by atoms with Crippen LogP contribution in [0, 0.1) is 0 Å². The number of thiazole rings is 1. The highest BCUT2D eigenvalue weighted by molar-refractivity contribution is 7.21. The van der Waals surface area contributed by atoms with Gasteiger partial charge in [0.05, 0.1) is 16.5 Å². The molecule has 0 bridgehead atoms. The molecule has 1 aliphatic heterocycles. The van der Waals surface area contributed by atoms with Crippen LogP contribution in [0.1, 0.15) is 17.5 Å². The zero-order valence-corrected chi connectivity index (χ0v) is 19.0. The van der Waals surface area contributed by atoms with Gasteiger partial charge in [-0.1, -0.05) is 12.1 Å². The maximum Gasteiger partial charge on any atom is 0.289 e. The second kappa shape index (κ2) is 9.07. The van der Waals surface area contributed by atoms with Gasteiger partial charge in [0.15, 0.2) is 11.9 Å². The first-order valence-electron chi connectivity index (χ1n) is 10.8. The zero-order chi connectivity index (χ0) is 22.8. The summed E-state index contributed by atoms with van der Waals surface area (Å²) in [5, 5.41) is 0.953. The predicted octanol–water partition coefficient (Wildman–Crippen LogP) is 4.31. The number of nitrogens with zero attached hydrogens (tertiary/aromatic N) is 3. The summed E-state index contributed by atoms with van der Waals surface area (Å²) in [6.07, 6.45) is 0.864. The van der Waals surface area contributed by atoms with Crippen LogP contribution in [0.15, 0.2) is 71.3 Å². The van der Waals surface area contributed by atoms with Gasteiger partial charge in [-0.25, -0.2) is 4.98 Å². The van der Waals surface area contributed by atoms with E-state index in [0.29, 0.717) is 37.7 Å². The Kier molecular flexibility index (Phi) is 5.83. The normalized spacial score (nSPS) is 14.9. The van der Waals surface area contributed by atoms with Crippen molar-refractivity contribution in [2.24, 2.45) is 0 Å². The number of fused-ring (bicyclic) bond motifs is 1. The molecule has 8 heteroatoms. The molecule has 5 rings (SSSR count). The number of aromatic nitrogens is 1. The lowest BCUT2D eigenvalue weighted by Gasteiger charge is -2.35. The third-order valence-corrected chi connectivity index (χ3v) is 6.75. The van der Waals surface area contributed by atoms with E-state index in [1.54, 1.807) is 40.2 Å². The highest BCUT2D eigenvalue weighted by Gasteiger charge is 2.29. The summed E-state index contributed by atoms with van der Waals surface area (Å²) >= 11 is 1.65. The maximum absolute atomic E-state index is 12.9. The highest BCUT2D eigenvalue weighted by Crippen LogP contribution is 2.31. The predicted molar refractivity (Wildman–Crippen MR) is 126 cm³/mol. The van der Waals surface area contributed by atoms with E-state index in [-0.39, 0.29) is 11.8 Å². The lowest BCUT2D eigenvalue weighted by molar-refractivity contribution is -0.139.